The predicted octanol–water partition coefficient (Wildman–Crippen LogP) is 2.72. The molecule has 0 aliphatic heterocycles. The number of aromatic amines is 1. The number of nitriles is 1. The summed E-state index contributed by atoms with van der Waals surface area (Å²) in [4.78, 5) is 14.8. The Labute approximate surface area is 99.3 Å². The Kier molecular flexibility index (Phi) is 3.10. The lowest BCUT2D eigenvalue weighted by Gasteiger charge is -2.03. The summed E-state index contributed by atoms with van der Waals surface area (Å²) < 4.78 is 0. The van der Waals surface area contributed by atoms with Crippen LogP contribution in [0.15, 0.2) is 24.3 Å². The molecule has 0 spiro atoms. The average molecular weight is 227 g/mol. The second kappa shape index (κ2) is 4.71. The maximum Gasteiger partial charge on any atom is 0.225 e. The van der Waals surface area contributed by atoms with Crippen molar-refractivity contribution in [1.29, 1.82) is 5.26 Å². The van der Waals surface area contributed by atoms with E-state index in [1.54, 1.807) is 0 Å². The molecule has 1 aromatic carbocycles. The number of fused-ring (bicyclic) bond motifs is 1. The molecule has 0 aliphatic rings. The van der Waals surface area contributed by atoms with E-state index in [-0.39, 0.29) is 18.7 Å². The molecule has 0 saturated heterocycles. The number of amides is 1. The highest BCUT2D eigenvalue weighted by Crippen LogP contribution is 2.26. The molecule has 0 fully saturated rings. The fourth-order valence-corrected chi connectivity index (χ4v) is 1.81. The predicted molar refractivity (Wildman–Crippen MR) is 66.5 cm³/mol. The molecule has 0 bridgehead atoms. The van der Waals surface area contributed by atoms with Gasteiger partial charge in [0.05, 0.1) is 11.8 Å². The Morgan fingerprint density at radius 3 is 3.00 bits per heavy atom. The first-order valence-electron chi connectivity index (χ1n) is 5.46. The van der Waals surface area contributed by atoms with E-state index in [4.69, 9.17) is 5.26 Å². The van der Waals surface area contributed by atoms with Crippen LogP contribution >= 0.6 is 0 Å². The molecule has 2 aromatic rings. The Morgan fingerprint density at radius 1 is 1.47 bits per heavy atom. The molecule has 1 aromatic heterocycles. The van der Waals surface area contributed by atoms with E-state index in [0.717, 1.165) is 22.3 Å². The lowest BCUT2D eigenvalue weighted by Crippen LogP contribution is -2.11. The molecule has 4 heteroatoms. The van der Waals surface area contributed by atoms with Gasteiger partial charge in [-0.25, -0.2) is 0 Å². The van der Waals surface area contributed by atoms with Gasteiger partial charge in [-0.05, 0) is 13.0 Å². The van der Waals surface area contributed by atoms with Crippen molar-refractivity contribution in [2.24, 2.45) is 0 Å². The number of rotatable bonds is 3. The summed E-state index contributed by atoms with van der Waals surface area (Å²) in [7, 11) is 0. The number of nitrogens with zero attached hydrogens (tertiary/aromatic N) is 1. The largest absolute Gasteiger partial charge is 0.357 e. The fourth-order valence-electron chi connectivity index (χ4n) is 1.81. The van der Waals surface area contributed by atoms with Crippen LogP contribution < -0.4 is 5.32 Å². The van der Waals surface area contributed by atoms with Crippen molar-refractivity contribution in [3.63, 3.8) is 0 Å². The number of carbonyl (C=O) groups excluding carboxylic acids is 1. The molecule has 2 N–H and O–H groups in total. The first-order valence-corrected chi connectivity index (χ1v) is 5.46. The summed E-state index contributed by atoms with van der Waals surface area (Å²) in [5.74, 6) is -0.126. The van der Waals surface area contributed by atoms with Crippen LogP contribution in [0.2, 0.25) is 0 Å². The van der Waals surface area contributed by atoms with Crippen molar-refractivity contribution < 1.29 is 4.79 Å². The molecule has 86 valence electrons. The molecule has 0 atom stereocenters. The number of nitrogens with one attached hydrogen (secondary N) is 2. The third kappa shape index (κ3) is 2.28. The Morgan fingerprint density at radius 2 is 2.24 bits per heavy atom. The van der Waals surface area contributed by atoms with Crippen LogP contribution in [0.25, 0.3) is 10.9 Å². The zero-order valence-corrected chi connectivity index (χ0v) is 9.58. The second-order valence-electron chi connectivity index (χ2n) is 3.88. The number of H-pyrrole nitrogens is 1. The van der Waals surface area contributed by atoms with Gasteiger partial charge >= 0.3 is 0 Å². The third-order valence-electron chi connectivity index (χ3n) is 2.62. The van der Waals surface area contributed by atoms with Crippen LogP contribution in [0.1, 0.15) is 18.5 Å². The van der Waals surface area contributed by atoms with Crippen molar-refractivity contribution in [3.05, 3.63) is 30.0 Å². The smallest absolute Gasteiger partial charge is 0.225 e. The molecule has 4 nitrogen and oxygen atoms in total. The van der Waals surface area contributed by atoms with Crippen LogP contribution in [-0.2, 0) is 4.79 Å². The zero-order valence-electron chi connectivity index (χ0n) is 9.58. The van der Waals surface area contributed by atoms with Crippen LogP contribution in [-0.4, -0.2) is 10.9 Å². The van der Waals surface area contributed by atoms with E-state index < -0.39 is 0 Å². The molecule has 1 amide bonds. The first kappa shape index (κ1) is 11.2. The van der Waals surface area contributed by atoms with Crippen molar-refractivity contribution in [2.45, 2.75) is 19.8 Å². The maximum absolute atomic E-state index is 11.6. The number of aryl methyl sites for hydroxylation is 1. The number of hydrogen-bond acceptors (Lipinski definition) is 2. The van der Waals surface area contributed by atoms with E-state index in [1.165, 1.54) is 0 Å². The van der Waals surface area contributed by atoms with Crippen LogP contribution in [0.3, 0.4) is 0 Å². The van der Waals surface area contributed by atoms with Crippen molar-refractivity contribution in [3.8, 4) is 6.07 Å². The van der Waals surface area contributed by atoms with E-state index in [0.29, 0.717) is 0 Å². The van der Waals surface area contributed by atoms with Gasteiger partial charge in [0.2, 0.25) is 5.91 Å². The van der Waals surface area contributed by atoms with Gasteiger partial charge in [0.1, 0.15) is 0 Å². The molecule has 17 heavy (non-hydrogen) atoms. The lowest BCUT2D eigenvalue weighted by molar-refractivity contribution is -0.116. The van der Waals surface area contributed by atoms with Crippen molar-refractivity contribution in [2.75, 3.05) is 5.32 Å². The molecular weight excluding hydrogens is 214 g/mol. The number of anilines is 1. The highest BCUT2D eigenvalue weighted by Gasteiger charge is 2.10. The number of hydrogen-bond donors (Lipinski definition) is 2. The zero-order chi connectivity index (χ0) is 12.3. The summed E-state index contributed by atoms with van der Waals surface area (Å²) in [5.41, 5.74) is 2.74. The summed E-state index contributed by atoms with van der Waals surface area (Å²) >= 11 is 0. The normalized spacial score (nSPS) is 10.1. The summed E-state index contributed by atoms with van der Waals surface area (Å²) in [5, 5.41) is 12.3. The topological polar surface area (TPSA) is 68.7 Å². The van der Waals surface area contributed by atoms with Gasteiger partial charge in [0.15, 0.2) is 0 Å². The molecule has 0 unspecified atom stereocenters. The Balaban J connectivity index is 2.27. The lowest BCUT2D eigenvalue weighted by atomic mass is 10.2. The van der Waals surface area contributed by atoms with Crippen LogP contribution in [0.4, 0.5) is 5.69 Å². The Bertz CT molecular complexity index is 592. The SMILES string of the molecule is Cc1[nH]c2ccccc2c1NC(=O)CCC#N. The van der Waals surface area contributed by atoms with Gasteiger partial charge < -0.3 is 10.3 Å². The number of benzene rings is 1. The minimum Gasteiger partial charge on any atom is -0.357 e. The van der Waals surface area contributed by atoms with Gasteiger partial charge in [0, 0.05) is 29.4 Å². The van der Waals surface area contributed by atoms with Crippen LogP contribution in [0.5, 0.6) is 0 Å². The number of aromatic nitrogens is 1. The average Bonchev–Trinajstić information content (AvgIpc) is 2.64. The quantitative estimate of drug-likeness (QED) is 0.846. The molecule has 2 rings (SSSR count). The molecule has 0 saturated carbocycles. The highest BCUT2D eigenvalue weighted by atomic mass is 16.1. The summed E-state index contributed by atoms with van der Waals surface area (Å²) in [6.07, 6.45) is 0.475. The first-order chi connectivity index (χ1) is 8.22. The van der Waals surface area contributed by atoms with E-state index in [9.17, 15) is 4.79 Å². The minimum absolute atomic E-state index is 0.126. The van der Waals surface area contributed by atoms with Crippen molar-refractivity contribution in [1.82, 2.24) is 4.98 Å². The molecule has 0 radical (unpaired) electrons. The minimum atomic E-state index is -0.126. The summed E-state index contributed by atoms with van der Waals surface area (Å²) in [6.45, 7) is 1.92. The van der Waals surface area contributed by atoms with E-state index >= 15 is 0 Å². The molecule has 1 heterocycles. The number of carbonyl (C=O) groups is 1. The molecular formula is C13H13N3O. The van der Waals surface area contributed by atoms with Gasteiger partial charge in [-0.15, -0.1) is 0 Å². The number of para-hydroxylation sites is 1. The van der Waals surface area contributed by atoms with Gasteiger partial charge in [-0.1, -0.05) is 18.2 Å². The van der Waals surface area contributed by atoms with Gasteiger partial charge in [0.25, 0.3) is 0 Å². The third-order valence-corrected chi connectivity index (χ3v) is 2.62. The van der Waals surface area contributed by atoms with Crippen molar-refractivity contribution >= 4 is 22.5 Å². The highest BCUT2D eigenvalue weighted by molar-refractivity contribution is 6.03. The summed E-state index contributed by atoms with van der Waals surface area (Å²) in [6, 6.07) is 9.76. The fraction of sp³-hybridized carbons (Fsp3) is 0.231. The maximum atomic E-state index is 11.6. The standard InChI is InChI=1S/C13H13N3O/c1-9-13(16-12(17)7-4-8-14)10-5-2-3-6-11(10)15-9/h2-3,5-6,15H,4,7H2,1H3,(H,16,17). The monoisotopic (exact) mass is 227 g/mol. The second-order valence-corrected chi connectivity index (χ2v) is 3.88. The molecule has 0 aliphatic carbocycles. The van der Waals surface area contributed by atoms with Gasteiger partial charge in [-0.2, -0.15) is 5.26 Å². The van der Waals surface area contributed by atoms with E-state index in [1.807, 2.05) is 37.3 Å². The van der Waals surface area contributed by atoms with Gasteiger partial charge in [-0.3, -0.25) is 4.79 Å². The Hall–Kier alpha value is -2.28. The van der Waals surface area contributed by atoms with Crippen LogP contribution in [0, 0.1) is 18.3 Å². The van der Waals surface area contributed by atoms with E-state index in [2.05, 4.69) is 10.3 Å².